The normalized spacial score (nSPS) is 10.4. The highest BCUT2D eigenvalue weighted by molar-refractivity contribution is 5.96. The Hall–Kier alpha value is -3.06. The third kappa shape index (κ3) is 2.26. The molecular weight excluding hydrogens is 264 g/mol. The molecule has 3 aromatic rings. The number of carbonyl (C=O) groups is 1. The van der Waals surface area contributed by atoms with Crippen molar-refractivity contribution < 1.29 is 9.90 Å². The Bertz CT molecular complexity index is 858. The Morgan fingerprint density at radius 1 is 1.14 bits per heavy atom. The molecule has 1 N–H and O–H groups in total. The van der Waals surface area contributed by atoms with Crippen molar-refractivity contribution in [3.05, 3.63) is 71.4 Å². The highest BCUT2D eigenvalue weighted by Crippen LogP contribution is 2.24. The molecule has 0 spiro atoms. The fourth-order valence-electron chi connectivity index (χ4n) is 2.52. The van der Waals surface area contributed by atoms with Crippen molar-refractivity contribution in [3.8, 4) is 6.07 Å². The van der Waals surface area contributed by atoms with Gasteiger partial charge in [-0.2, -0.15) is 5.26 Å². The first-order valence-electron chi connectivity index (χ1n) is 6.50. The minimum atomic E-state index is -0.994. The van der Waals surface area contributed by atoms with Gasteiger partial charge in [0.1, 0.15) is 11.8 Å². The molecule has 0 fully saturated rings. The maximum atomic E-state index is 11.5. The van der Waals surface area contributed by atoms with Gasteiger partial charge in [0.05, 0.1) is 11.1 Å². The Morgan fingerprint density at radius 2 is 1.90 bits per heavy atom. The largest absolute Gasteiger partial charge is 0.477 e. The summed E-state index contributed by atoms with van der Waals surface area (Å²) < 4.78 is 1.69. The number of nitrogens with zero attached hydrogens (tertiary/aromatic N) is 2. The molecule has 0 saturated heterocycles. The van der Waals surface area contributed by atoms with Gasteiger partial charge in [0.2, 0.25) is 0 Å². The highest BCUT2D eigenvalue weighted by Gasteiger charge is 2.17. The van der Waals surface area contributed by atoms with Crippen molar-refractivity contribution in [2.75, 3.05) is 0 Å². The van der Waals surface area contributed by atoms with Gasteiger partial charge in [-0.05, 0) is 17.7 Å². The third-order valence-electron chi connectivity index (χ3n) is 3.44. The zero-order valence-corrected chi connectivity index (χ0v) is 11.2. The molecule has 21 heavy (non-hydrogen) atoms. The van der Waals surface area contributed by atoms with Crippen LogP contribution in [0.3, 0.4) is 0 Å². The average molecular weight is 276 g/mol. The molecule has 4 nitrogen and oxygen atoms in total. The van der Waals surface area contributed by atoms with Crippen LogP contribution >= 0.6 is 0 Å². The molecule has 1 aromatic heterocycles. The summed E-state index contributed by atoms with van der Waals surface area (Å²) in [4.78, 5) is 11.5. The van der Waals surface area contributed by atoms with E-state index in [9.17, 15) is 15.2 Å². The van der Waals surface area contributed by atoms with Gasteiger partial charge in [-0.3, -0.25) is 0 Å². The quantitative estimate of drug-likeness (QED) is 0.798. The van der Waals surface area contributed by atoms with E-state index in [0.29, 0.717) is 17.6 Å². The monoisotopic (exact) mass is 276 g/mol. The molecule has 1 heterocycles. The van der Waals surface area contributed by atoms with Gasteiger partial charge >= 0.3 is 5.97 Å². The SMILES string of the molecule is N#Cc1cccc2cc(C(=O)O)n(Cc3ccccc3)c12. The molecule has 0 radical (unpaired) electrons. The van der Waals surface area contributed by atoms with E-state index in [0.717, 1.165) is 10.9 Å². The molecule has 0 aliphatic rings. The summed E-state index contributed by atoms with van der Waals surface area (Å²) >= 11 is 0. The van der Waals surface area contributed by atoms with Crippen LogP contribution in [0.15, 0.2) is 54.6 Å². The van der Waals surface area contributed by atoms with Crippen LogP contribution in [0.4, 0.5) is 0 Å². The topological polar surface area (TPSA) is 66.0 Å². The summed E-state index contributed by atoms with van der Waals surface area (Å²) in [5.74, 6) is -0.994. The number of benzene rings is 2. The number of hydrogen-bond donors (Lipinski definition) is 1. The molecule has 2 aromatic carbocycles. The lowest BCUT2D eigenvalue weighted by molar-refractivity contribution is 0.0686. The van der Waals surface area contributed by atoms with Crippen molar-refractivity contribution in [2.24, 2.45) is 0 Å². The van der Waals surface area contributed by atoms with Crippen molar-refractivity contribution in [1.82, 2.24) is 4.57 Å². The molecule has 102 valence electrons. The van der Waals surface area contributed by atoms with Gasteiger partial charge in [0, 0.05) is 11.9 Å². The lowest BCUT2D eigenvalue weighted by Gasteiger charge is -2.09. The number of aromatic nitrogens is 1. The van der Waals surface area contributed by atoms with Crippen LogP contribution in [0.1, 0.15) is 21.6 Å². The molecule has 3 rings (SSSR count). The number of carboxylic acid groups (broad SMARTS) is 1. The van der Waals surface area contributed by atoms with Crippen molar-refractivity contribution in [3.63, 3.8) is 0 Å². The molecule has 0 unspecified atom stereocenters. The Morgan fingerprint density at radius 3 is 2.57 bits per heavy atom. The predicted molar refractivity (Wildman–Crippen MR) is 79.2 cm³/mol. The average Bonchev–Trinajstić information content (AvgIpc) is 2.87. The molecule has 0 saturated carbocycles. The van der Waals surface area contributed by atoms with Gasteiger partial charge in [0.25, 0.3) is 0 Å². The van der Waals surface area contributed by atoms with Crippen molar-refractivity contribution in [1.29, 1.82) is 5.26 Å². The molecule has 0 atom stereocenters. The van der Waals surface area contributed by atoms with E-state index in [-0.39, 0.29) is 5.69 Å². The number of fused-ring (bicyclic) bond motifs is 1. The number of hydrogen-bond acceptors (Lipinski definition) is 2. The number of nitriles is 1. The smallest absolute Gasteiger partial charge is 0.352 e. The number of aromatic carboxylic acids is 1. The van der Waals surface area contributed by atoms with Crippen LogP contribution in [0, 0.1) is 11.3 Å². The fourth-order valence-corrected chi connectivity index (χ4v) is 2.52. The molecule has 4 heteroatoms. The second-order valence-corrected chi connectivity index (χ2v) is 4.76. The number of rotatable bonds is 3. The van der Waals surface area contributed by atoms with Gasteiger partial charge in [-0.1, -0.05) is 42.5 Å². The Labute approximate surface area is 121 Å². The molecular formula is C17H12N2O2. The summed E-state index contributed by atoms with van der Waals surface area (Å²) in [6.45, 7) is 0.421. The highest BCUT2D eigenvalue weighted by atomic mass is 16.4. The van der Waals surface area contributed by atoms with E-state index in [1.54, 1.807) is 22.8 Å². The fraction of sp³-hybridized carbons (Fsp3) is 0.0588. The first kappa shape index (κ1) is 12.9. The maximum Gasteiger partial charge on any atom is 0.352 e. The second kappa shape index (κ2) is 5.14. The Balaban J connectivity index is 2.25. The molecule has 0 amide bonds. The van der Waals surface area contributed by atoms with E-state index in [1.807, 2.05) is 36.4 Å². The minimum absolute atomic E-state index is 0.191. The van der Waals surface area contributed by atoms with Crippen LogP contribution < -0.4 is 0 Å². The van der Waals surface area contributed by atoms with Crippen LogP contribution in [0.2, 0.25) is 0 Å². The van der Waals surface area contributed by atoms with Crippen molar-refractivity contribution in [2.45, 2.75) is 6.54 Å². The van der Waals surface area contributed by atoms with Gasteiger partial charge < -0.3 is 9.67 Å². The van der Waals surface area contributed by atoms with Crippen LogP contribution in [-0.2, 0) is 6.54 Å². The predicted octanol–water partition coefficient (Wildman–Crippen LogP) is 3.26. The van der Waals surface area contributed by atoms with Gasteiger partial charge in [-0.25, -0.2) is 4.79 Å². The summed E-state index contributed by atoms with van der Waals surface area (Å²) in [6.07, 6.45) is 0. The van der Waals surface area contributed by atoms with Gasteiger partial charge in [0.15, 0.2) is 0 Å². The summed E-state index contributed by atoms with van der Waals surface area (Å²) in [5, 5.41) is 19.4. The minimum Gasteiger partial charge on any atom is -0.477 e. The van der Waals surface area contributed by atoms with Gasteiger partial charge in [-0.15, -0.1) is 0 Å². The molecule has 0 aliphatic heterocycles. The lowest BCUT2D eigenvalue weighted by Crippen LogP contribution is -2.09. The van der Waals surface area contributed by atoms with E-state index < -0.39 is 5.97 Å². The maximum absolute atomic E-state index is 11.5. The van der Waals surface area contributed by atoms with Crippen LogP contribution in [0.5, 0.6) is 0 Å². The van der Waals surface area contributed by atoms with E-state index in [1.165, 1.54) is 0 Å². The third-order valence-corrected chi connectivity index (χ3v) is 3.44. The zero-order valence-electron chi connectivity index (χ0n) is 11.2. The first-order chi connectivity index (χ1) is 10.2. The first-order valence-corrected chi connectivity index (χ1v) is 6.50. The van der Waals surface area contributed by atoms with E-state index in [2.05, 4.69) is 6.07 Å². The zero-order chi connectivity index (χ0) is 14.8. The van der Waals surface area contributed by atoms with Crippen LogP contribution in [0.25, 0.3) is 10.9 Å². The second-order valence-electron chi connectivity index (χ2n) is 4.76. The van der Waals surface area contributed by atoms with Crippen LogP contribution in [-0.4, -0.2) is 15.6 Å². The molecule has 0 bridgehead atoms. The van der Waals surface area contributed by atoms with Crippen molar-refractivity contribution >= 4 is 16.9 Å². The molecule has 0 aliphatic carbocycles. The summed E-state index contributed by atoms with van der Waals surface area (Å²) in [5.41, 5.74) is 2.33. The standard InChI is InChI=1S/C17H12N2O2/c18-10-14-8-4-7-13-9-15(17(20)21)19(16(13)14)11-12-5-2-1-3-6-12/h1-9H,11H2,(H,20,21). The lowest BCUT2D eigenvalue weighted by atomic mass is 10.1. The Kier molecular flexibility index (Phi) is 3.17. The number of carboxylic acids is 1. The summed E-state index contributed by atoms with van der Waals surface area (Å²) in [6, 6.07) is 18.6. The number of para-hydroxylation sites is 1. The van der Waals surface area contributed by atoms with E-state index >= 15 is 0 Å². The summed E-state index contributed by atoms with van der Waals surface area (Å²) in [7, 11) is 0. The van der Waals surface area contributed by atoms with E-state index in [4.69, 9.17) is 0 Å².